The van der Waals surface area contributed by atoms with Gasteiger partial charge in [-0.05, 0) is 23.8 Å². The largest absolute Gasteiger partial charge is 0.497 e. The molecule has 0 spiro atoms. The van der Waals surface area contributed by atoms with Crippen LogP contribution in [0.3, 0.4) is 0 Å². The van der Waals surface area contributed by atoms with Gasteiger partial charge < -0.3 is 14.6 Å². The van der Waals surface area contributed by atoms with Gasteiger partial charge in [-0.2, -0.15) is 0 Å². The summed E-state index contributed by atoms with van der Waals surface area (Å²) in [5, 5.41) is 12.0. The van der Waals surface area contributed by atoms with Crippen LogP contribution in [0.25, 0.3) is 28.1 Å². The zero-order valence-corrected chi connectivity index (χ0v) is 16.9. The average molecular weight is 408 g/mol. The van der Waals surface area contributed by atoms with Crippen molar-refractivity contribution in [2.75, 3.05) is 12.4 Å². The number of rotatable bonds is 6. The Morgan fingerprint density at radius 1 is 0.806 bits per heavy atom. The molecule has 2 aromatic heterocycles. The smallest absolute Gasteiger partial charge is 0.174 e. The number of benzene rings is 3. The van der Waals surface area contributed by atoms with E-state index in [0.717, 1.165) is 33.8 Å². The highest BCUT2D eigenvalue weighted by atomic mass is 16.5. The van der Waals surface area contributed by atoms with Crippen molar-refractivity contribution in [3.8, 4) is 33.8 Å². The molecule has 0 bridgehead atoms. The second kappa shape index (κ2) is 8.20. The van der Waals surface area contributed by atoms with Crippen LogP contribution in [-0.2, 0) is 0 Å². The first kappa shape index (κ1) is 18.7. The van der Waals surface area contributed by atoms with Crippen LogP contribution < -0.4 is 10.1 Å². The fourth-order valence-electron chi connectivity index (χ4n) is 3.52. The number of nitrogens with zero attached hydrogens (tertiary/aromatic N) is 3. The Kier molecular flexibility index (Phi) is 4.94. The molecule has 0 unspecified atom stereocenters. The minimum Gasteiger partial charge on any atom is -0.497 e. The maximum Gasteiger partial charge on any atom is 0.174 e. The van der Waals surface area contributed by atoms with Gasteiger partial charge >= 0.3 is 0 Å². The van der Waals surface area contributed by atoms with Crippen LogP contribution in [0.15, 0.2) is 102 Å². The normalized spacial score (nSPS) is 10.7. The van der Waals surface area contributed by atoms with Gasteiger partial charge in [0.05, 0.1) is 18.5 Å². The van der Waals surface area contributed by atoms with Gasteiger partial charge in [0.1, 0.15) is 12.0 Å². The number of hydrogen-bond donors (Lipinski definition) is 1. The van der Waals surface area contributed by atoms with Gasteiger partial charge in [0, 0.05) is 23.3 Å². The monoisotopic (exact) mass is 408 g/mol. The zero-order chi connectivity index (χ0) is 21.0. The number of ether oxygens (including phenoxy) is 1. The Morgan fingerprint density at radius 3 is 2.32 bits per heavy atom. The van der Waals surface area contributed by atoms with E-state index in [2.05, 4.69) is 46.9 Å². The summed E-state index contributed by atoms with van der Waals surface area (Å²) in [6.07, 6.45) is 1.52. The van der Waals surface area contributed by atoms with Crippen molar-refractivity contribution in [1.82, 2.24) is 14.9 Å². The van der Waals surface area contributed by atoms with Crippen LogP contribution in [0.1, 0.15) is 0 Å². The Balaban J connectivity index is 1.65. The molecule has 0 saturated carbocycles. The van der Waals surface area contributed by atoms with E-state index in [9.17, 15) is 0 Å². The second-order valence-corrected chi connectivity index (χ2v) is 6.95. The van der Waals surface area contributed by atoms with Gasteiger partial charge in [0.2, 0.25) is 0 Å². The molecule has 0 radical (unpaired) electrons. The molecule has 1 N–H and O–H groups in total. The van der Waals surface area contributed by atoms with Crippen molar-refractivity contribution in [3.63, 3.8) is 0 Å². The third kappa shape index (κ3) is 3.79. The van der Waals surface area contributed by atoms with E-state index in [0.29, 0.717) is 11.6 Å². The van der Waals surface area contributed by atoms with Crippen molar-refractivity contribution in [3.05, 3.63) is 97.3 Å². The highest BCUT2D eigenvalue weighted by molar-refractivity contribution is 5.76. The lowest BCUT2D eigenvalue weighted by atomic mass is 10.0. The molecule has 152 valence electrons. The topological polar surface area (TPSA) is 65.1 Å². The van der Waals surface area contributed by atoms with E-state index < -0.39 is 0 Å². The molecule has 0 atom stereocenters. The first-order valence-corrected chi connectivity index (χ1v) is 9.88. The molecule has 0 aliphatic heterocycles. The molecule has 0 fully saturated rings. The Morgan fingerprint density at radius 2 is 1.58 bits per heavy atom. The van der Waals surface area contributed by atoms with Crippen LogP contribution in [0.5, 0.6) is 5.75 Å². The highest BCUT2D eigenvalue weighted by Gasteiger charge is 2.16. The Hall–Kier alpha value is -4.32. The van der Waals surface area contributed by atoms with Gasteiger partial charge in [-0.25, -0.2) is 4.68 Å². The van der Waals surface area contributed by atoms with Gasteiger partial charge in [0.15, 0.2) is 11.6 Å². The molecule has 6 heteroatoms. The predicted octanol–water partition coefficient (Wildman–Crippen LogP) is 5.95. The van der Waals surface area contributed by atoms with Gasteiger partial charge in [-0.3, -0.25) is 0 Å². The molecular weight excluding hydrogens is 388 g/mol. The Bertz CT molecular complexity index is 1280. The lowest BCUT2D eigenvalue weighted by Crippen LogP contribution is -2.02. The van der Waals surface area contributed by atoms with Crippen molar-refractivity contribution in [1.29, 1.82) is 0 Å². The zero-order valence-electron chi connectivity index (χ0n) is 16.9. The fraction of sp³-hybridized carbons (Fsp3) is 0.0400. The number of methoxy groups -OCH3 is 1. The molecule has 0 aliphatic rings. The van der Waals surface area contributed by atoms with E-state index in [1.165, 1.54) is 6.26 Å². The molecule has 2 heterocycles. The third-order valence-electron chi connectivity index (χ3n) is 5.01. The summed E-state index contributed by atoms with van der Waals surface area (Å²) in [5.74, 6) is 2.11. The maximum absolute atomic E-state index is 5.31. The van der Waals surface area contributed by atoms with Crippen molar-refractivity contribution >= 4 is 11.6 Å². The molecule has 31 heavy (non-hydrogen) atoms. The Labute approximate surface area is 179 Å². The standard InChI is InChI=1S/C25H20N4O2/c1-30-20-13-11-18(12-14-20)21-9-5-6-10-22(21)29-23(19-7-3-2-4-8-19)17-25(27-29)26-24-15-16-31-28-24/h2-17H,1H3,(H,26,27,28). The van der Waals surface area contributed by atoms with E-state index in [1.807, 2.05) is 53.2 Å². The molecule has 5 rings (SSSR count). The summed E-state index contributed by atoms with van der Waals surface area (Å²) >= 11 is 0. The first-order valence-electron chi connectivity index (χ1n) is 9.88. The molecule has 0 aliphatic carbocycles. The summed E-state index contributed by atoms with van der Waals surface area (Å²) in [4.78, 5) is 0. The minimum atomic E-state index is 0.604. The van der Waals surface area contributed by atoms with Crippen molar-refractivity contribution in [2.24, 2.45) is 0 Å². The number of anilines is 2. The maximum atomic E-state index is 5.31. The van der Waals surface area contributed by atoms with Gasteiger partial charge in [-0.15, -0.1) is 5.10 Å². The van der Waals surface area contributed by atoms with E-state index >= 15 is 0 Å². The molecule has 0 amide bonds. The van der Waals surface area contributed by atoms with E-state index in [4.69, 9.17) is 14.4 Å². The molecule has 5 aromatic rings. The third-order valence-corrected chi connectivity index (χ3v) is 5.01. The fourth-order valence-corrected chi connectivity index (χ4v) is 3.52. The number of nitrogens with one attached hydrogen (secondary N) is 1. The van der Waals surface area contributed by atoms with Crippen LogP contribution >= 0.6 is 0 Å². The summed E-state index contributed by atoms with van der Waals surface area (Å²) < 4.78 is 12.2. The van der Waals surface area contributed by atoms with Crippen LogP contribution in [0.4, 0.5) is 11.6 Å². The molecule has 6 nitrogen and oxygen atoms in total. The number of aromatic nitrogens is 3. The predicted molar refractivity (Wildman–Crippen MR) is 121 cm³/mol. The first-order chi connectivity index (χ1) is 15.3. The van der Waals surface area contributed by atoms with Crippen LogP contribution in [0.2, 0.25) is 0 Å². The molecule has 3 aromatic carbocycles. The van der Waals surface area contributed by atoms with Gasteiger partial charge in [0.25, 0.3) is 0 Å². The average Bonchev–Trinajstić information content (AvgIpc) is 3.50. The second-order valence-electron chi connectivity index (χ2n) is 6.95. The van der Waals surface area contributed by atoms with E-state index in [-0.39, 0.29) is 0 Å². The summed E-state index contributed by atoms with van der Waals surface area (Å²) in [6, 6.07) is 30.2. The number of hydrogen-bond acceptors (Lipinski definition) is 5. The van der Waals surface area contributed by atoms with E-state index in [1.54, 1.807) is 13.2 Å². The SMILES string of the molecule is COc1ccc(-c2ccccc2-n2nc(Nc3ccon3)cc2-c2ccccc2)cc1. The van der Waals surface area contributed by atoms with Crippen LogP contribution in [0, 0.1) is 0 Å². The van der Waals surface area contributed by atoms with Crippen LogP contribution in [-0.4, -0.2) is 22.0 Å². The summed E-state index contributed by atoms with van der Waals surface area (Å²) in [5.41, 5.74) is 5.15. The minimum absolute atomic E-state index is 0.604. The molecule has 0 saturated heterocycles. The van der Waals surface area contributed by atoms with Crippen molar-refractivity contribution < 1.29 is 9.26 Å². The van der Waals surface area contributed by atoms with Crippen molar-refractivity contribution in [2.45, 2.75) is 0 Å². The quantitative estimate of drug-likeness (QED) is 0.376. The summed E-state index contributed by atoms with van der Waals surface area (Å²) in [6.45, 7) is 0. The lowest BCUT2D eigenvalue weighted by Gasteiger charge is -2.13. The molecular formula is C25H20N4O2. The number of para-hydroxylation sites is 1. The highest BCUT2D eigenvalue weighted by Crippen LogP contribution is 2.33. The summed E-state index contributed by atoms with van der Waals surface area (Å²) in [7, 11) is 1.67. The lowest BCUT2D eigenvalue weighted by molar-refractivity contribution is 0.415. The van der Waals surface area contributed by atoms with Gasteiger partial charge in [-0.1, -0.05) is 65.8 Å².